The highest BCUT2D eigenvalue weighted by atomic mass is 35.5. The monoisotopic (exact) mass is 488 g/mol. The third-order valence-corrected chi connectivity index (χ3v) is 5.11. The standard InChI is InChI=1S/C20H24N6O2.3ClH/c1-3-25(21-2)16-5-4-15-17-18(16)20(28)13-6-7-23-12-14(13)19(17)24-26(15)10-8-22-9-11-27;;;/h4-7,12,21-22,27H,3,8-11H2,1-2H3;3*1H. The van der Waals surface area contributed by atoms with Crippen molar-refractivity contribution in [1.29, 1.82) is 0 Å². The van der Waals surface area contributed by atoms with E-state index in [1.807, 2.05) is 35.8 Å². The molecule has 0 saturated heterocycles. The molecule has 1 aliphatic carbocycles. The molecule has 0 spiro atoms. The predicted molar refractivity (Wildman–Crippen MR) is 130 cm³/mol. The first-order valence-electron chi connectivity index (χ1n) is 9.50. The second kappa shape index (κ2) is 11.6. The lowest BCUT2D eigenvalue weighted by atomic mass is 9.87. The summed E-state index contributed by atoms with van der Waals surface area (Å²) in [6.45, 7) is 4.72. The van der Waals surface area contributed by atoms with Gasteiger partial charge in [0.2, 0.25) is 0 Å². The third kappa shape index (κ3) is 4.64. The van der Waals surface area contributed by atoms with Crippen molar-refractivity contribution in [2.24, 2.45) is 0 Å². The zero-order chi connectivity index (χ0) is 19.7. The molecule has 2 heterocycles. The van der Waals surface area contributed by atoms with Gasteiger partial charge in [-0.3, -0.25) is 14.5 Å². The summed E-state index contributed by atoms with van der Waals surface area (Å²) in [6, 6.07) is 5.76. The Balaban J connectivity index is 0.00000160. The predicted octanol–water partition coefficient (Wildman–Crippen LogP) is 2.45. The van der Waals surface area contributed by atoms with Gasteiger partial charge in [0.1, 0.15) is 5.69 Å². The number of anilines is 1. The highest BCUT2D eigenvalue weighted by Gasteiger charge is 2.32. The van der Waals surface area contributed by atoms with Crippen molar-refractivity contribution in [2.75, 3.05) is 38.3 Å². The van der Waals surface area contributed by atoms with Gasteiger partial charge in [-0.1, -0.05) is 0 Å². The molecule has 0 bridgehead atoms. The van der Waals surface area contributed by atoms with Crippen molar-refractivity contribution >= 4 is 59.6 Å². The maximum Gasteiger partial charge on any atom is 0.196 e. The molecule has 0 unspecified atom stereocenters. The number of aromatic nitrogens is 3. The van der Waals surface area contributed by atoms with Crippen molar-refractivity contribution in [1.82, 2.24) is 25.5 Å². The van der Waals surface area contributed by atoms with Crippen LogP contribution >= 0.6 is 37.2 Å². The normalized spacial score (nSPS) is 11.3. The van der Waals surface area contributed by atoms with Crippen molar-refractivity contribution in [3.05, 3.63) is 41.7 Å². The topological polar surface area (TPSA) is 95.3 Å². The zero-order valence-electron chi connectivity index (χ0n) is 17.3. The molecule has 4 rings (SSSR count). The first kappa shape index (κ1) is 27.1. The number of nitrogens with one attached hydrogen (secondary N) is 2. The minimum Gasteiger partial charge on any atom is -0.395 e. The van der Waals surface area contributed by atoms with E-state index < -0.39 is 0 Å². The number of benzene rings is 1. The number of carbonyl (C=O) groups is 1. The van der Waals surface area contributed by atoms with Crippen LogP contribution < -0.4 is 15.8 Å². The van der Waals surface area contributed by atoms with Gasteiger partial charge in [-0.15, -0.1) is 37.2 Å². The average molecular weight is 490 g/mol. The number of hydrogen-bond donors (Lipinski definition) is 3. The second-order valence-corrected chi connectivity index (χ2v) is 6.62. The summed E-state index contributed by atoms with van der Waals surface area (Å²) < 4.78 is 1.92. The largest absolute Gasteiger partial charge is 0.395 e. The van der Waals surface area contributed by atoms with Gasteiger partial charge in [0, 0.05) is 55.6 Å². The van der Waals surface area contributed by atoms with Crippen LogP contribution in [-0.4, -0.2) is 58.9 Å². The molecular formula is C20H27Cl3N6O2. The Kier molecular flexibility index (Phi) is 10.2. The van der Waals surface area contributed by atoms with E-state index in [0.29, 0.717) is 30.8 Å². The molecule has 0 amide bonds. The number of hydrazine groups is 1. The number of carbonyl (C=O) groups excluding carboxylic acids is 1. The average Bonchev–Trinajstić information content (AvgIpc) is 3.10. The quantitative estimate of drug-likeness (QED) is 0.258. The lowest BCUT2D eigenvalue weighted by molar-refractivity contribution is 0.104. The Hall–Kier alpha value is -1.94. The second-order valence-electron chi connectivity index (χ2n) is 6.62. The molecule has 170 valence electrons. The molecule has 0 saturated carbocycles. The van der Waals surface area contributed by atoms with Gasteiger partial charge in [-0.05, 0) is 25.1 Å². The summed E-state index contributed by atoms with van der Waals surface area (Å²) >= 11 is 0. The van der Waals surface area contributed by atoms with Gasteiger partial charge >= 0.3 is 0 Å². The molecule has 0 aliphatic heterocycles. The van der Waals surface area contributed by atoms with Gasteiger partial charge in [0.05, 0.1) is 29.9 Å². The van der Waals surface area contributed by atoms with E-state index >= 15 is 0 Å². The van der Waals surface area contributed by atoms with Gasteiger partial charge in [-0.25, -0.2) is 5.43 Å². The summed E-state index contributed by atoms with van der Waals surface area (Å²) in [5, 5.41) is 19.8. The van der Waals surface area contributed by atoms with Crippen molar-refractivity contribution in [2.45, 2.75) is 13.5 Å². The van der Waals surface area contributed by atoms with Crippen LogP contribution in [0.3, 0.4) is 0 Å². The first-order chi connectivity index (χ1) is 13.7. The number of halogens is 3. The highest BCUT2D eigenvalue weighted by Crippen LogP contribution is 2.42. The van der Waals surface area contributed by atoms with Crippen molar-refractivity contribution in [3.8, 4) is 11.3 Å². The maximum absolute atomic E-state index is 13.4. The summed E-state index contributed by atoms with van der Waals surface area (Å²) in [4.78, 5) is 17.6. The molecule has 3 N–H and O–H groups in total. The molecule has 1 aromatic carbocycles. The van der Waals surface area contributed by atoms with Crippen LogP contribution in [-0.2, 0) is 6.54 Å². The van der Waals surface area contributed by atoms with E-state index in [1.165, 1.54) is 0 Å². The number of fused-ring (bicyclic) bond motifs is 2. The van der Waals surface area contributed by atoms with E-state index in [9.17, 15) is 4.79 Å². The number of nitrogens with zero attached hydrogens (tertiary/aromatic N) is 4. The molecule has 3 aromatic rings. The van der Waals surface area contributed by atoms with E-state index in [4.69, 9.17) is 10.2 Å². The maximum atomic E-state index is 13.4. The fraction of sp³-hybridized carbons (Fsp3) is 0.350. The Morgan fingerprint density at radius 1 is 1.13 bits per heavy atom. The zero-order valence-corrected chi connectivity index (χ0v) is 19.7. The van der Waals surface area contributed by atoms with Crippen molar-refractivity contribution in [3.63, 3.8) is 0 Å². The van der Waals surface area contributed by atoms with Gasteiger partial charge in [-0.2, -0.15) is 5.10 Å². The number of aliphatic hydroxyl groups is 1. The lowest BCUT2D eigenvalue weighted by Gasteiger charge is -2.26. The Labute approximate surface area is 199 Å². The van der Waals surface area contributed by atoms with Crippen molar-refractivity contribution < 1.29 is 9.90 Å². The number of ketones is 1. The molecule has 31 heavy (non-hydrogen) atoms. The van der Waals surface area contributed by atoms with Gasteiger partial charge in [0.25, 0.3) is 0 Å². The Morgan fingerprint density at radius 2 is 1.90 bits per heavy atom. The van der Waals surface area contributed by atoms with Crippen LogP contribution in [0.4, 0.5) is 5.69 Å². The third-order valence-electron chi connectivity index (χ3n) is 5.11. The Morgan fingerprint density at radius 3 is 2.58 bits per heavy atom. The molecule has 0 fully saturated rings. The van der Waals surface area contributed by atoms with Crippen LogP contribution in [0.1, 0.15) is 22.8 Å². The van der Waals surface area contributed by atoms with E-state index in [-0.39, 0.29) is 49.6 Å². The number of pyridine rings is 1. The summed E-state index contributed by atoms with van der Waals surface area (Å²) in [7, 11) is 1.85. The SMILES string of the molecule is CCN(NC)c1ccc2c3c(nn2CCNCCO)-c2cnccc2C(=O)c13.Cl.Cl.Cl. The van der Waals surface area contributed by atoms with E-state index in [0.717, 1.165) is 34.4 Å². The summed E-state index contributed by atoms with van der Waals surface area (Å²) in [5.41, 5.74) is 7.81. The molecule has 0 radical (unpaired) electrons. The fourth-order valence-corrected chi connectivity index (χ4v) is 3.83. The molecule has 11 heteroatoms. The van der Waals surface area contributed by atoms with E-state index in [1.54, 1.807) is 18.5 Å². The highest BCUT2D eigenvalue weighted by molar-refractivity contribution is 6.27. The molecular weight excluding hydrogens is 463 g/mol. The van der Waals surface area contributed by atoms with Crippen LogP contribution in [0.15, 0.2) is 30.6 Å². The fourth-order valence-electron chi connectivity index (χ4n) is 3.83. The molecule has 0 atom stereocenters. The number of hydrogen-bond acceptors (Lipinski definition) is 7. The van der Waals surface area contributed by atoms with E-state index in [2.05, 4.69) is 15.7 Å². The van der Waals surface area contributed by atoms with Gasteiger partial charge < -0.3 is 15.4 Å². The molecule has 8 nitrogen and oxygen atoms in total. The lowest BCUT2D eigenvalue weighted by Crippen LogP contribution is -2.36. The first-order valence-corrected chi connectivity index (χ1v) is 9.50. The number of aliphatic hydroxyl groups excluding tert-OH is 1. The smallest absolute Gasteiger partial charge is 0.196 e. The molecule has 1 aliphatic rings. The molecule has 2 aromatic heterocycles. The summed E-state index contributed by atoms with van der Waals surface area (Å²) in [5.74, 6) is -0.00263. The summed E-state index contributed by atoms with van der Waals surface area (Å²) in [6.07, 6.45) is 3.36. The number of rotatable bonds is 8. The van der Waals surface area contributed by atoms with Crippen LogP contribution in [0, 0.1) is 0 Å². The van der Waals surface area contributed by atoms with Crippen LogP contribution in [0.5, 0.6) is 0 Å². The van der Waals surface area contributed by atoms with Crippen LogP contribution in [0.25, 0.3) is 22.2 Å². The van der Waals surface area contributed by atoms with Gasteiger partial charge in [0.15, 0.2) is 5.78 Å². The van der Waals surface area contributed by atoms with Crippen LogP contribution in [0.2, 0.25) is 0 Å². The minimum absolute atomic E-state index is 0. The minimum atomic E-state index is -0.00263. The Bertz CT molecular complexity index is 1040.